The molecule has 0 radical (unpaired) electrons. The third-order valence-electron chi connectivity index (χ3n) is 4.28. The maximum absolute atomic E-state index is 12.9. The standard InChI is InChI=1S/C19H19FN4O4/c1-23(28-2)11-13-7-8-24-15(9-13)22-16(17(25)19(24)27)18(26)21-10-12-3-5-14(20)6-4-12/h3-9,16H,10-11H2,1-2H3,(H,21,26). The number of hydroxylamine groups is 2. The minimum absolute atomic E-state index is 0.0886. The Bertz CT molecular complexity index is 892. The molecule has 146 valence electrons. The lowest BCUT2D eigenvalue weighted by Crippen LogP contribution is -2.52. The minimum atomic E-state index is -1.46. The Hall–Kier alpha value is -3.17. The Morgan fingerprint density at radius 1 is 1.32 bits per heavy atom. The predicted molar refractivity (Wildman–Crippen MR) is 98.2 cm³/mol. The summed E-state index contributed by atoms with van der Waals surface area (Å²) in [5.74, 6) is -2.59. The molecule has 28 heavy (non-hydrogen) atoms. The quantitative estimate of drug-likeness (QED) is 0.438. The third kappa shape index (κ3) is 4.21. The number of amidine groups is 1. The number of hydrogen-bond acceptors (Lipinski definition) is 6. The lowest BCUT2D eigenvalue weighted by Gasteiger charge is -2.28. The second-order valence-corrected chi connectivity index (χ2v) is 6.28. The van der Waals surface area contributed by atoms with Crippen molar-refractivity contribution in [3.8, 4) is 0 Å². The first-order valence-corrected chi connectivity index (χ1v) is 8.50. The van der Waals surface area contributed by atoms with Gasteiger partial charge >= 0.3 is 5.91 Å². The number of amides is 2. The average molecular weight is 386 g/mol. The zero-order valence-corrected chi connectivity index (χ0v) is 15.4. The Labute approximate surface area is 160 Å². The van der Waals surface area contributed by atoms with Gasteiger partial charge in [0.2, 0.25) is 0 Å². The molecular weight excluding hydrogens is 367 g/mol. The van der Waals surface area contributed by atoms with E-state index in [9.17, 15) is 18.8 Å². The van der Waals surface area contributed by atoms with E-state index in [-0.39, 0.29) is 18.2 Å². The smallest absolute Gasteiger partial charge is 0.302 e. The number of nitrogens with one attached hydrogen (secondary N) is 1. The molecule has 2 aliphatic rings. The Balaban J connectivity index is 1.75. The highest BCUT2D eigenvalue weighted by molar-refractivity contribution is 6.47. The van der Waals surface area contributed by atoms with Crippen molar-refractivity contribution in [2.75, 3.05) is 20.7 Å². The molecule has 1 aromatic rings. The summed E-state index contributed by atoms with van der Waals surface area (Å²) in [7, 11) is 3.27. The second kappa shape index (κ2) is 8.24. The number of carbonyl (C=O) groups is 3. The molecule has 0 fully saturated rings. The van der Waals surface area contributed by atoms with Crippen LogP contribution >= 0.6 is 0 Å². The van der Waals surface area contributed by atoms with Gasteiger partial charge in [0.15, 0.2) is 6.04 Å². The summed E-state index contributed by atoms with van der Waals surface area (Å²) in [6.07, 6.45) is 4.75. The van der Waals surface area contributed by atoms with Crippen molar-refractivity contribution in [1.29, 1.82) is 0 Å². The first-order valence-electron chi connectivity index (χ1n) is 8.50. The van der Waals surface area contributed by atoms with Crippen LogP contribution in [0.4, 0.5) is 4.39 Å². The van der Waals surface area contributed by atoms with E-state index in [4.69, 9.17) is 4.84 Å². The van der Waals surface area contributed by atoms with Crippen LogP contribution in [0.25, 0.3) is 0 Å². The van der Waals surface area contributed by atoms with Gasteiger partial charge in [0.25, 0.3) is 11.7 Å². The number of carbonyl (C=O) groups excluding carboxylic acids is 3. The summed E-state index contributed by atoms with van der Waals surface area (Å²) in [5, 5.41) is 4.14. The normalized spacial score (nSPS) is 18.7. The van der Waals surface area contributed by atoms with Crippen molar-refractivity contribution >= 4 is 23.4 Å². The van der Waals surface area contributed by atoms with Gasteiger partial charge in [0, 0.05) is 26.3 Å². The molecule has 9 heteroatoms. The van der Waals surface area contributed by atoms with E-state index < -0.39 is 23.6 Å². The number of halogens is 1. The maximum atomic E-state index is 12.9. The molecule has 1 atom stereocenters. The van der Waals surface area contributed by atoms with E-state index in [2.05, 4.69) is 10.3 Å². The fourth-order valence-corrected chi connectivity index (χ4v) is 2.71. The molecule has 8 nitrogen and oxygen atoms in total. The van der Waals surface area contributed by atoms with Crippen LogP contribution in [-0.2, 0) is 25.8 Å². The molecule has 2 aliphatic heterocycles. The fraction of sp³-hybridized carbons (Fsp3) is 0.263. The van der Waals surface area contributed by atoms with Gasteiger partial charge in [-0.1, -0.05) is 12.1 Å². The minimum Gasteiger partial charge on any atom is -0.350 e. The van der Waals surface area contributed by atoms with E-state index in [1.165, 1.54) is 37.6 Å². The van der Waals surface area contributed by atoms with Gasteiger partial charge in [-0.25, -0.2) is 9.38 Å². The molecule has 0 aromatic heterocycles. The number of fused-ring (bicyclic) bond motifs is 1. The molecule has 1 aromatic carbocycles. The van der Waals surface area contributed by atoms with Gasteiger partial charge in [-0.2, -0.15) is 5.06 Å². The van der Waals surface area contributed by atoms with Crippen molar-refractivity contribution in [3.63, 3.8) is 0 Å². The zero-order valence-electron chi connectivity index (χ0n) is 15.4. The van der Waals surface area contributed by atoms with Gasteiger partial charge < -0.3 is 10.2 Å². The number of benzene rings is 1. The van der Waals surface area contributed by atoms with Crippen LogP contribution in [0.15, 0.2) is 53.2 Å². The highest BCUT2D eigenvalue weighted by Crippen LogP contribution is 2.17. The first-order chi connectivity index (χ1) is 13.4. The summed E-state index contributed by atoms with van der Waals surface area (Å²) >= 11 is 0. The van der Waals surface area contributed by atoms with E-state index in [1.807, 2.05) is 0 Å². The van der Waals surface area contributed by atoms with Crippen molar-refractivity contribution in [2.24, 2.45) is 4.99 Å². The average Bonchev–Trinajstić information content (AvgIpc) is 2.69. The molecular formula is C19H19FN4O4. The largest absolute Gasteiger partial charge is 0.350 e. The predicted octanol–water partition coefficient (Wildman–Crippen LogP) is 0.567. The van der Waals surface area contributed by atoms with Crippen molar-refractivity contribution < 1.29 is 23.6 Å². The number of likely N-dealkylation sites (N-methyl/N-ethyl adjacent to an activating group) is 1. The van der Waals surface area contributed by atoms with Crippen LogP contribution in [0, 0.1) is 5.82 Å². The fourth-order valence-electron chi connectivity index (χ4n) is 2.71. The highest BCUT2D eigenvalue weighted by atomic mass is 19.1. The van der Waals surface area contributed by atoms with Crippen LogP contribution in [0.1, 0.15) is 5.56 Å². The van der Waals surface area contributed by atoms with Crippen LogP contribution < -0.4 is 5.32 Å². The van der Waals surface area contributed by atoms with Gasteiger partial charge in [0.1, 0.15) is 11.7 Å². The van der Waals surface area contributed by atoms with Gasteiger partial charge in [-0.3, -0.25) is 19.3 Å². The van der Waals surface area contributed by atoms with E-state index in [0.29, 0.717) is 12.1 Å². The number of ketones is 1. The highest BCUT2D eigenvalue weighted by Gasteiger charge is 2.40. The number of rotatable bonds is 6. The monoisotopic (exact) mass is 386 g/mol. The summed E-state index contributed by atoms with van der Waals surface area (Å²) in [4.78, 5) is 47.4. The van der Waals surface area contributed by atoms with Crippen LogP contribution in [0.5, 0.6) is 0 Å². The van der Waals surface area contributed by atoms with Crippen molar-refractivity contribution in [3.05, 3.63) is 59.6 Å². The zero-order chi connectivity index (χ0) is 20.3. The Morgan fingerprint density at radius 2 is 2.04 bits per heavy atom. The topological polar surface area (TPSA) is 91.3 Å². The number of hydrogen-bond donors (Lipinski definition) is 1. The van der Waals surface area contributed by atoms with Crippen molar-refractivity contribution in [2.45, 2.75) is 12.6 Å². The molecule has 0 saturated heterocycles. The van der Waals surface area contributed by atoms with Crippen molar-refractivity contribution in [1.82, 2.24) is 15.3 Å². The number of aliphatic imine (C=N–C) groups is 1. The van der Waals surface area contributed by atoms with E-state index in [1.54, 1.807) is 24.3 Å². The van der Waals surface area contributed by atoms with Gasteiger partial charge in [-0.15, -0.1) is 0 Å². The van der Waals surface area contributed by atoms with Crippen LogP contribution in [-0.4, -0.2) is 60.1 Å². The molecule has 0 saturated carbocycles. The molecule has 0 aliphatic carbocycles. The molecule has 0 spiro atoms. The number of Topliss-reactive ketones (excluding diaryl/α,β-unsaturated/α-hetero) is 1. The molecule has 2 amide bonds. The van der Waals surface area contributed by atoms with E-state index in [0.717, 1.165) is 10.5 Å². The third-order valence-corrected chi connectivity index (χ3v) is 4.28. The van der Waals surface area contributed by atoms with Crippen LogP contribution in [0.3, 0.4) is 0 Å². The Morgan fingerprint density at radius 3 is 2.71 bits per heavy atom. The first kappa shape index (κ1) is 19.6. The summed E-state index contributed by atoms with van der Waals surface area (Å²) in [6, 6.07) is 4.12. The maximum Gasteiger partial charge on any atom is 0.302 e. The summed E-state index contributed by atoms with van der Waals surface area (Å²) < 4.78 is 12.9. The Kier molecular flexibility index (Phi) is 5.76. The molecule has 1 N–H and O–H groups in total. The lowest BCUT2D eigenvalue weighted by molar-refractivity contribution is -0.144. The van der Waals surface area contributed by atoms with Gasteiger partial charge in [0.05, 0.1) is 7.11 Å². The van der Waals surface area contributed by atoms with Gasteiger partial charge in [-0.05, 0) is 35.4 Å². The SMILES string of the molecule is CON(C)CC1=CC2=NC(C(=O)NCc3ccc(F)cc3)C(=O)C(=O)N2C=C1. The molecule has 2 heterocycles. The second-order valence-electron chi connectivity index (χ2n) is 6.28. The summed E-state index contributed by atoms with van der Waals surface area (Å²) in [5.41, 5.74) is 1.45. The molecule has 1 unspecified atom stereocenters. The lowest BCUT2D eigenvalue weighted by atomic mass is 10.1. The molecule has 0 bridgehead atoms. The molecule has 3 rings (SSSR count). The summed E-state index contributed by atoms with van der Waals surface area (Å²) in [6.45, 7) is 0.523. The number of nitrogens with zero attached hydrogens (tertiary/aromatic N) is 3. The van der Waals surface area contributed by atoms with E-state index >= 15 is 0 Å². The van der Waals surface area contributed by atoms with Crippen LogP contribution in [0.2, 0.25) is 0 Å².